The van der Waals surface area contributed by atoms with E-state index in [1.54, 1.807) is 6.92 Å². The molecule has 0 spiro atoms. The second-order valence-corrected chi connectivity index (χ2v) is 10.5. The fourth-order valence-corrected chi connectivity index (χ4v) is 5.28. The standard InChI is InChI=1S/C21H25N3O6S2/c1-2-30-21(25)16-10-12-18(13-11-16)31(26,27)23-17-7-6-8-19(15-17)32(28,29)24-20-9-4-3-5-14-22-20/h6-8,10-13,15,23H,2-5,9,14H2,1H3,(H,22,24). The van der Waals surface area contributed by atoms with Crippen LogP contribution in [0.25, 0.3) is 0 Å². The van der Waals surface area contributed by atoms with Gasteiger partial charge in [0.15, 0.2) is 0 Å². The molecule has 0 aromatic heterocycles. The van der Waals surface area contributed by atoms with E-state index in [0.29, 0.717) is 18.8 Å². The fraction of sp³-hybridized carbons (Fsp3) is 0.333. The lowest BCUT2D eigenvalue weighted by Crippen LogP contribution is -2.30. The minimum Gasteiger partial charge on any atom is -0.462 e. The molecule has 1 aliphatic rings. The van der Waals surface area contributed by atoms with E-state index in [1.165, 1.54) is 48.5 Å². The molecule has 3 rings (SSSR count). The molecule has 0 amide bonds. The largest absolute Gasteiger partial charge is 0.462 e. The first kappa shape index (κ1) is 23.7. The Morgan fingerprint density at radius 1 is 0.938 bits per heavy atom. The Labute approximate surface area is 188 Å². The van der Waals surface area contributed by atoms with Gasteiger partial charge in [0.2, 0.25) is 0 Å². The summed E-state index contributed by atoms with van der Waals surface area (Å²) in [6.45, 7) is 2.46. The van der Waals surface area contributed by atoms with Crippen LogP contribution in [0.2, 0.25) is 0 Å². The molecule has 9 nitrogen and oxygen atoms in total. The number of anilines is 1. The summed E-state index contributed by atoms with van der Waals surface area (Å²) in [5.74, 6) is -0.136. The van der Waals surface area contributed by atoms with Crippen molar-refractivity contribution in [3.8, 4) is 0 Å². The first-order valence-corrected chi connectivity index (χ1v) is 13.1. The number of carbonyl (C=O) groups is 1. The topological polar surface area (TPSA) is 131 Å². The molecule has 0 saturated heterocycles. The molecule has 0 unspecified atom stereocenters. The molecule has 11 heteroatoms. The van der Waals surface area contributed by atoms with E-state index >= 15 is 0 Å². The predicted molar refractivity (Wildman–Crippen MR) is 121 cm³/mol. The van der Waals surface area contributed by atoms with Gasteiger partial charge in [0, 0.05) is 13.0 Å². The van der Waals surface area contributed by atoms with E-state index in [0.717, 1.165) is 19.3 Å². The Morgan fingerprint density at radius 3 is 2.38 bits per heavy atom. The van der Waals surface area contributed by atoms with Crippen molar-refractivity contribution < 1.29 is 26.4 Å². The zero-order chi connectivity index (χ0) is 23.2. The van der Waals surface area contributed by atoms with Gasteiger partial charge in [-0.15, -0.1) is 0 Å². The molecule has 1 heterocycles. The summed E-state index contributed by atoms with van der Waals surface area (Å²) in [7, 11) is -7.91. The molecular weight excluding hydrogens is 454 g/mol. The summed E-state index contributed by atoms with van der Waals surface area (Å²) in [4.78, 5) is 15.8. The first-order chi connectivity index (χ1) is 15.2. The van der Waals surface area contributed by atoms with E-state index in [9.17, 15) is 21.6 Å². The van der Waals surface area contributed by atoms with Gasteiger partial charge in [0.1, 0.15) is 5.84 Å². The lowest BCUT2D eigenvalue weighted by atomic mass is 10.2. The molecule has 0 fully saturated rings. The second kappa shape index (κ2) is 10.1. The molecule has 0 aliphatic carbocycles. The monoisotopic (exact) mass is 479 g/mol. The molecule has 32 heavy (non-hydrogen) atoms. The number of hydrogen-bond acceptors (Lipinski definition) is 7. The minimum absolute atomic E-state index is 0.0789. The normalized spacial score (nSPS) is 14.7. The minimum atomic E-state index is -4.00. The highest BCUT2D eigenvalue weighted by molar-refractivity contribution is 7.92. The molecular formula is C21H25N3O6S2. The third-order valence-corrected chi connectivity index (χ3v) is 7.47. The van der Waals surface area contributed by atoms with Gasteiger partial charge in [0.25, 0.3) is 20.0 Å². The van der Waals surface area contributed by atoms with E-state index in [-0.39, 0.29) is 27.6 Å². The smallest absolute Gasteiger partial charge is 0.338 e. The average Bonchev–Trinajstić information content (AvgIpc) is 3.02. The number of ether oxygens (including phenoxy) is 1. The van der Waals surface area contributed by atoms with Crippen LogP contribution in [0.15, 0.2) is 63.3 Å². The van der Waals surface area contributed by atoms with Crippen molar-refractivity contribution in [1.82, 2.24) is 4.72 Å². The molecule has 1 aliphatic heterocycles. The summed E-state index contributed by atoms with van der Waals surface area (Å²) in [5.41, 5.74) is 0.316. The molecule has 2 aromatic rings. The molecule has 0 atom stereocenters. The number of carbonyl (C=O) groups excluding carboxylic acids is 1. The Balaban J connectivity index is 1.77. The summed E-state index contributed by atoms with van der Waals surface area (Å²) in [6.07, 6.45) is 3.32. The maximum atomic E-state index is 12.7. The van der Waals surface area contributed by atoms with Crippen LogP contribution in [0.5, 0.6) is 0 Å². The highest BCUT2D eigenvalue weighted by Crippen LogP contribution is 2.20. The van der Waals surface area contributed by atoms with E-state index in [4.69, 9.17) is 4.74 Å². The van der Waals surface area contributed by atoms with E-state index in [1.807, 2.05) is 0 Å². The first-order valence-electron chi connectivity index (χ1n) is 10.2. The van der Waals surface area contributed by atoms with Crippen molar-refractivity contribution in [1.29, 1.82) is 0 Å². The van der Waals surface area contributed by atoms with Crippen LogP contribution in [-0.2, 0) is 24.8 Å². The number of sulfonamides is 2. The number of amidine groups is 1. The number of hydrogen-bond donors (Lipinski definition) is 2. The Morgan fingerprint density at radius 2 is 1.66 bits per heavy atom. The summed E-state index contributed by atoms with van der Waals surface area (Å²) in [6, 6.07) is 10.8. The van der Waals surface area contributed by atoms with Crippen molar-refractivity contribution in [2.45, 2.75) is 42.4 Å². The summed E-state index contributed by atoms with van der Waals surface area (Å²) < 4.78 is 60.7. The van der Waals surface area contributed by atoms with Gasteiger partial charge in [-0.05, 0) is 62.2 Å². The van der Waals surface area contributed by atoms with Crippen LogP contribution in [0.3, 0.4) is 0 Å². The van der Waals surface area contributed by atoms with Crippen LogP contribution in [-0.4, -0.2) is 41.8 Å². The quantitative estimate of drug-likeness (QED) is 0.587. The van der Waals surface area contributed by atoms with E-state index < -0.39 is 26.0 Å². The van der Waals surface area contributed by atoms with Crippen molar-refractivity contribution >= 4 is 37.5 Å². The molecule has 2 aromatic carbocycles. The van der Waals surface area contributed by atoms with Gasteiger partial charge in [0.05, 0.1) is 27.6 Å². The average molecular weight is 480 g/mol. The Hall–Kier alpha value is -2.92. The zero-order valence-corrected chi connectivity index (χ0v) is 19.2. The number of aliphatic imine (C=N–C) groups is 1. The number of rotatable bonds is 7. The van der Waals surface area contributed by atoms with Gasteiger partial charge in [-0.25, -0.2) is 21.6 Å². The lowest BCUT2D eigenvalue weighted by Gasteiger charge is -2.12. The third kappa shape index (κ3) is 6.07. The van der Waals surface area contributed by atoms with Crippen molar-refractivity contribution in [3.63, 3.8) is 0 Å². The molecule has 172 valence electrons. The fourth-order valence-electron chi connectivity index (χ4n) is 3.10. The van der Waals surface area contributed by atoms with Gasteiger partial charge < -0.3 is 4.74 Å². The highest BCUT2D eigenvalue weighted by Gasteiger charge is 2.20. The van der Waals surface area contributed by atoms with Crippen LogP contribution >= 0.6 is 0 Å². The predicted octanol–water partition coefficient (Wildman–Crippen LogP) is 2.91. The zero-order valence-electron chi connectivity index (χ0n) is 17.6. The summed E-state index contributed by atoms with van der Waals surface area (Å²) in [5, 5.41) is 0. The molecule has 0 bridgehead atoms. The second-order valence-electron chi connectivity index (χ2n) is 7.12. The molecule has 0 saturated carbocycles. The van der Waals surface area contributed by atoms with Crippen LogP contribution in [0.1, 0.15) is 43.0 Å². The maximum absolute atomic E-state index is 12.7. The van der Waals surface area contributed by atoms with Crippen LogP contribution in [0, 0.1) is 0 Å². The van der Waals surface area contributed by atoms with Gasteiger partial charge in [-0.2, -0.15) is 0 Å². The third-order valence-electron chi connectivity index (χ3n) is 4.70. The molecule has 2 N–H and O–H groups in total. The van der Waals surface area contributed by atoms with E-state index in [2.05, 4.69) is 14.4 Å². The van der Waals surface area contributed by atoms with Gasteiger partial charge >= 0.3 is 5.97 Å². The Bertz CT molecular complexity index is 1210. The molecule has 0 radical (unpaired) electrons. The van der Waals surface area contributed by atoms with Gasteiger partial charge in [-0.3, -0.25) is 14.4 Å². The number of esters is 1. The van der Waals surface area contributed by atoms with Crippen LogP contribution < -0.4 is 9.44 Å². The number of nitrogens with zero attached hydrogens (tertiary/aromatic N) is 1. The number of benzene rings is 2. The Kier molecular flexibility index (Phi) is 7.52. The van der Waals surface area contributed by atoms with Crippen molar-refractivity contribution in [3.05, 3.63) is 54.1 Å². The lowest BCUT2D eigenvalue weighted by molar-refractivity contribution is 0.0526. The maximum Gasteiger partial charge on any atom is 0.338 e. The van der Waals surface area contributed by atoms with Crippen molar-refractivity contribution in [2.75, 3.05) is 17.9 Å². The highest BCUT2D eigenvalue weighted by atomic mass is 32.2. The van der Waals surface area contributed by atoms with Gasteiger partial charge in [-0.1, -0.05) is 12.5 Å². The van der Waals surface area contributed by atoms with Crippen LogP contribution in [0.4, 0.5) is 5.69 Å². The number of nitrogens with one attached hydrogen (secondary N) is 2. The van der Waals surface area contributed by atoms with Crippen molar-refractivity contribution in [2.24, 2.45) is 4.99 Å². The SMILES string of the molecule is CCOC(=O)c1ccc(S(=O)(=O)Nc2cccc(S(=O)(=O)NC3=NCCCCC3)c2)cc1. The summed E-state index contributed by atoms with van der Waals surface area (Å²) >= 11 is 0.